The van der Waals surface area contributed by atoms with Gasteiger partial charge in [-0.05, 0) is 18.4 Å². The van der Waals surface area contributed by atoms with Crippen LogP contribution in [0.15, 0.2) is 33.9 Å². The molecule has 0 aliphatic rings. The fraction of sp³-hybridized carbons (Fsp3) is 0.500. The molecule has 7 nitrogen and oxygen atoms in total. The molecule has 154 valence electrons. The summed E-state index contributed by atoms with van der Waals surface area (Å²) in [7, 11) is 0. The van der Waals surface area contributed by atoms with Crippen LogP contribution in [0.25, 0.3) is 0 Å². The summed E-state index contributed by atoms with van der Waals surface area (Å²) < 4.78 is 46.3. The zero-order chi connectivity index (χ0) is 20.6. The van der Waals surface area contributed by atoms with Gasteiger partial charge in [0.05, 0.1) is 18.8 Å². The van der Waals surface area contributed by atoms with Crippen molar-refractivity contribution >= 4 is 5.96 Å². The number of hydrogen-bond acceptors (Lipinski definition) is 5. The summed E-state index contributed by atoms with van der Waals surface area (Å²) in [5.41, 5.74) is 1.62. The Morgan fingerprint density at radius 1 is 1.29 bits per heavy atom. The third-order valence-electron chi connectivity index (χ3n) is 3.54. The third kappa shape index (κ3) is 7.45. The summed E-state index contributed by atoms with van der Waals surface area (Å²) >= 11 is 0. The largest absolute Gasteiger partial charge is 0.468 e. The lowest BCUT2D eigenvalue weighted by Gasteiger charge is -2.10. The molecule has 2 N–H and O–H groups in total. The van der Waals surface area contributed by atoms with Gasteiger partial charge < -0.3 is 19.9 Å². The smallest absolute Gasteiger partial charge is 0.422 e. The van der Waals surface area contributed by atoms with Crippen molar-refractivity contribution in [2.45, 2.75) is 46.0 Å². The highest BCUT2D eigenvalue weighted by atomic mass is 19.4. The summed E-state index contributed by atoms with van der Waals surface area (Å²) in [6, 6.07) is 4.90. The average molecular weight is 399 g/mol. The molecule has 2 aromatic rings. The van der Waals surface area contributed by atoms with Crippen LogP contribution < -0.4 is 15.4 Å². The van der Waals surface area contributed by atoms with Gasteiger partial charge in [-0.25, -0.2) is 9.98 Å². The Hall–Kier alpha value is -2.78. The normalized spacial score (nSPS) is 12.3. The molecule has 2 aromatic heterocycles. The van der Waals surface area contributed by atoms with Crippen LogP contribution in [-0.4, -0.2) is 35.4 Å². The second-order valence-corrected chi connectivity index (χ2v) is 6.33. The molecular formula is C18H24F3N5O2. The molecule has 0 saturated carbocycles. The van der Waals surface area contributed by atoms with Crippen molar-refractivity contribution in [2.24, 2.45) is 4.99 Å². The number of halogens is 3. The molecule has 2 heterocycles. The number of ether oxygens (including phenoxy) is 1. The van der Waals surface area contributed by atoms with Crippen molar-refractivity contribution in [1.29, 1.82) is 0 Å². The first-order valence-electron chi connectivity index (χ1n) is 8.89. The van der Waals surface area contributed by atoms with Gasteiger partial charge in [0.25, 0.3) is 0 Å². The first kappa shape index (κ1) is 21.5. The number of pyridine rings is 1. The molecule has 0 saturated heterocycles. The van der Waals surface area contributed by atoms with E-state index in [-0.39, 0.29) is 11.8 Å². The summed E-state index contributed by atoms with van der Waals surface area (Å²) in [4.78, 5) is 8.29. The fourth-order valence-electron chi connectivity index (χ4n) is 2.11. The second kappa shape index (κ2) is 9.95. The number of guanidine groups is 1. The maximum Gasteiger partial charge on any atom is 0.422 e. The molecule has 28 heavy (non-hydrogen) atoms. The van der Waals surface area contributed by atoms with Gasteiger partial charge in [0.15, 0.2) is 18.3 Å². The van der Waals surface area contributed by atoms with E-state index in [4.69, 9.17) is 4.52 Å². The van der Waals surface area contributed by atoms with E-state index < -0.39 is 12.8 Å². The Morgan fingerprint density at radius 3 is 2.64 bits per heavy atom. The average Bonchev–Trinajstić information content (AvgIpc) is 3.12. The van der Waals surface area contributed by atoms with E-state index in [2.05, 4.69) is 30.5 Å². The van der Waals surface area contributed by atoms with Crippen molar-refractivity contribution in [3.05, 3.63) is 41.4 Å². The Bertz CT molecular complexity index is 757. The maximum absolute atomic E-state index is 12.1. The molecule has 0 bridgehead atoms. The fourth-order valence-corrected chi connectivity index (χ4v) is 2.11. The van der Waals surface area contributed by atoms with Gasteiger partial charge in [0.1, 0.15) is 0 Å². The highest BCUT2D eigenvalue weighted by Gasteiger charge is 2.28. The molecule has 0 aromatic carbocycles. The zero-order valence-corrected chi connectivity index (χ0v) is 16.0. The van der Waals surface area contributed by atoms with E-state index in [1.54, 1.807) is 6.07 Å². The molecule has 0 spiro atoms. The lowest BCUT2D eigenvalue weighted by Crippen LogP contribution is -2.36. The lowest BCUT2D eigenvalue weighted by molar-refractivity contribution is -0.154. The van der Waals surface area contributed by atoms with Gasteiger partial charge in [0.2, 0.25) is 5.88 Å². The van der Waals surface area contributed by atoms with Gasteiger partial charge in [-0.15, -0.1) is 0 Å². The minimum Gasteiger partial charge on any atom is -0.468 e. The van der Waals surface area contributed by atoms with Crippen LogP contribution in [0, 0.1) is 0 Å². The van der Waals surface area contributed by atoms with Crippen molar-refractivity contribution in [1.82, 2.24) is 20.8 Å². The van der Waals surface area contributed by atoms with E-state index >= 15 is 0 Å². The van der Waals surface area contributed by atoms with E-state index in [9.17, 15) is 13.2 Å². The highest BCUT2D eigenvalue weighted by Crippen LogP contribution is 2.17. The zero-order valence-electron chi connectivity index (χ0n) is 16.0. The lowest BCUT2D eigenvalue weighted by atomic mass is 10.1. The van der Waals surface area contributed by atoms with Crippen LogP contribution in [0.4, 0.5) is 13.2 Å². The molecule has 10 heteroatoms. The highest BCUT2D eigenvalue weighted by molar-refractivity contribution is 5.79. The minimum atomic E-state index is -4.39. The second-order valence-electron chi connectivity index (χ2n) is 6.33. The molecule has 0 unspecified atom stereocenters. The van der Waals surface area contributed by atoms with Gasteiger partial charge in [-0.2, -0.15) is 13.2 Å². The quantitative estimate of drug-likeness (QED) is 0.523. The first-order valence-corrected chi connectivity index (χ1v) is 8.89. The predicted molar refractivity (Wildman–Crippen MR) is 98.0 cm³/mol. The van der Waals surface area contributed by atoms with E-state index in [0.717, 1.165) is 11.3 Å². The van der Waals surface area contributed by atoms with Crippen LogP contribution in [0.3, 0.4) is 0 Å². The maximum atomic E-state index is 12.1. The first-order chi connectivity index (χ1) is 13.3. The van der Waals surface area contributed by atoms with Gasteiger partial charge >= 0.3 is 6.18 Å². The molecule has 2 rings (SSSR count). The Morgan fingerprint density at radius 2 is 2.07 bits per heavy atom. The summed E-state index contributed by atoms with van der Waals surface area (Å²) in [5.74, 6) is 1.47. The number of nitrogens with zero attached hydrogens (tertiary/aromatic N) is 3. The Kier molecular flexibility index (Phi) is 7.65. The Balaban J connectivity index is 1.90. The van der Waals surface area contributed by atoms with Crippen molar-refractivity contribution in [3.63, 3.8) is 0 Å². The van der Waals surface area contributed by atoms with Gasteiger partial charge in [0, 0.05) is 24.9 Å². The van der Waals surface area contributed by atoms with Crippen LogP contribution in [-0.2, 0) is 13.1 Å². The van der Waals surface area contributed by atoms with E-state index in [0.29, 0.717) is 31.4 Å². The third-order valence-corrected chi connectivity index (χ3v) is 3.54. The van der Waals surface area contributed by atoms with Crippen LogP contribution in [0.5, 0.6) is 5.88 Å². The van der Waals surface area contributed by atoms with Gasteiger partial charge in [-0.1, -0.05) is 25.1 Å². The molecule has 0 aliphatic heterocycles. The number of hydrogen-bond donors (Lipinski definition) is 2. The molecule has 0 amide bonds. The monoisotopic (exact) mass is 399 g/mol. The molecular weight excluding hydrogens is 375 g/mol. The number of aromatic nitrogens is 2. The molecule has 0 radical (unpaired) electrons. The van der Waals surface area contributed by atoms with E-state index in [1.165, 1.54) is 12.3 Å². The predicted octanol–water partition coefficient (Wildman–Crippen LogP) is 3.39. The summed E-state index contributed by atoms with van der Waals surface area (Å²) in [6.45, 7) is 6.04. The number of nitrogens with one attached hydrogen (secondary N) is 2. The van der Waals surface area contributed by atoms with Gasteiger partial charge in [-0.3, -0.25) is 0 Å². The van der Waals surface area contributed by atoms with Crippen LogP contribution >= 0.6 is 0 Å². The van der Waals surface area contributed by atoms with E-state index in [1.807, 2.05) is 26.8 Å². The van der Waals surface area contributed by atoms with Crippen LogP contribution in [0.1, 0.15) is 43.7 Å². The minimum absolute atomic E-state index is 0.0821. The SMILES string of the molecule is CCNC(=NCc1ccc(OCC(F)(F)F)nc1)NCc1cc(C(C)C)no1. The standard InChI is InChI=1S/C18H24F3N5O2/c1-4-22-17(25-10-14-7-15(12(2)3)26-28-14)24-9-13-5-6-16(23-8-13)27-11-18(19,20)21/h5-8,12H,4,9-11H2,1-3H3,(H2,22,24,25). The molecule has 0 aliphatic carbocycles. The molecule has 0 atom stereocenters. The number of alkyl halides is 3. The number of rotatable bonds is 8. The van der Waals surface area contributed by atoms with Crippen LogP contribution in [0.2, 0.25) is 0 Å². The van der Waals surface area contributed by atoms with Crippen molar-refractivity contribution in [3.8, 4) is 5.88 Å². The molecule has 0 fully saturated rings. The summed E-state index contributed by atoms with van der Waals surface area (Å²) in [5, 5.41) is 10.3. The Labute approximate surface area is 161 Å². The topological polar surface area (TPSA) is 84.6 Å². The van der Waals surface area contributed by atoms with Crippen molar-refractivity contribution < 1.29 is 22.4 Å². The van der Waals surface area contributed by atoms with Crippen molar-refractivity contribution in [2.75, 3.05) is 13.2 Å². The summed E-state index contributed by atoms with van der Waals surface area (Å²) in [6.07, 6.45) is -2.96. The number of aliphatic imine (C=N–C) groups is 1.